The zero-order valence-electron chi connectivity index (χ0n) is 11.8. The summed E-state index contributed by atoms with van der Waals surface area (Å²) in [6.45, 7) is 2.62. The van der Waals surface area contributed by atoms with Crippen LogP contribution >= 0.6 is 0 Å². The van der Waals surface area contributed by atoms with Gasteiger partial charge in [0.2, 0.25) is 0 Å². The number of hydrogen-bond acceptors (Lipinski definition) is 4. The third-order valence-electron chi connectivity index (χ3n) is 2.81. The van der Waals surface area contributed by atoms with E-state index in [1.54, 1.807) is 36.5 Å². The molecule has 0 unspecified atom stereocenters. The van der Waals surface area contributed by atoms with Gasteiger partial charge in [-0.05, 0) is 36.8 Å². The smallest absolute Gasteiger partial charge is 0.269 e. The Kier molecular flexibility index (Phi) is 4.89. The van der Waals surface area contributed by atoms with Crippen LogP contribution in [0.3, 0.4) is 0 Å². The molecule has 2 aromatic rings. The van der Waals surface area contributed by atoms with E-state index < -0.39 is 0 Å². The van der Waals surface area contributed by atoms with E-state index in [1.165, 1.54) is 0 Å². The number of aromatic nitrogens is 1. The van der Waals surface area contributed by atoms with Crippen molar-refractivity contribution in [3.63, 3.8) is 0 Å². The molecule has 0 aliphatic rings. The molecule has 0 saturated carbocycles. The number of anilines is 2. The van der Waals surface area contributed by atoms with Crippen LogP contribution in [0, 0.1) is 11.3 Å². The average molecular weight is 280 g/mol. The first-order valence-corrected chi connectivity index (χ1v) is 6.74. The lowest BCUT2D eigenvalue weighted by molar-refractivity contribution is 0.0949. The molecule has 0 aliphatic heterocycles. The summed E-state index contributed by atoms with van der Waals surface area (Å²) in [4.78, 5) is 15.9. The maximum absolute atomic E-state index is 11.9. The van der Waals surface area contributed by atoms with Gasteiger partial charge in [0.05, 0.1) is 11.6 Å². The number of hydrogen-bond donors (Lipinski definition) is 2. The lowest BCUT2D eigenvalue weighted by Gasteiger charge is -2.08. The zero-order valence-corrected chi connectivity index (χ0v) is 11.8. The Morgan fingerprint density at radius 3 is 2.86 bits per heavy atom. The van der Waals surface area contributed by atoms with Gasteiger partial charge in [0, 0.05) is 24.1 Å². The SMILES string of the molecule is CCCNC(=O)c1cc(Nc2cccc(C#N)c2)ccn1. The van der Waals surface area contributed by atoms with Crippen molar-refractivity contribution in [3.05, 3.63) is 53.9 Å². The lowest BCUT2D eigenvalue weighted by atomic mass is 10.2. The van der Waals surface area contributed by atoms with E-state index in [9.17, 15) is 4.79 Å². The molecule has 1 aromatic carbocycles. The molecule has 0 bridgehead atoms. The molecule has 0 aliphatic carbocycles. The van der Waals surface area contributed by atoms with Gasteiger partial charge in [-0.1, -0.05) is 13.0 Å². The van der Waals surface area contributed by atoms with E-state index >= 15 is 0 Å². The van der Waals surface area contributed by atoms with Crippen molar-refractivity contribution in [1.29, 1.82) is 5.26 Å². The molecule has 0 spiro atoms. The number of nitriles is 1. The fourth-order valence-electron chi connectivity index (χ4n) is 1.79. The highest BCUT2D eigenvalue weighted by atomic mass is 16.1. The molecule has 0 saturated heterocycles. The molecule has 2 N–H and O–H groups in total. The number of pyridine rings is 1. The number of nitrogens with zero attached hydrogens (tertiary/aromatic N) is 2. The Labute approximate surface area is 123 Å². The molecule has 1 amide bonds. The van der Waals surface area contributed by atoms with Gasteiger partial charge in [-0.3, -0.25) is 9.78 Å². The predicted molar refractivity (Wildman–Crippen MR) is 81.3 cm³/mol. The van der Waals surface area contributed by atoms with Crippen LogP contribution in [0.5, 0.6) is 0 Å². The minimum Gasteiger partial charge on any atom is -0.355 e. The zero-order chi connectivity index (χ0) is 15.1. The number of carbonyl (C=O) groups is 1. The summed E-state index contributed by atoms with van der Waals surface area (Å²) in [6, 6.07) is 12.7. The van der Waals surface area contributed by atoms with E-state index in [2.05, 4.69) is 21.7 Å². The van der Waals surface area contributed by atoms with E-state index in [4.69, 9.17) is 5.26 Å². The standard InChI is InChI=1S/C16H16N4O/c1-2-7-19-16(21)15-10-14(6-8-18-15)20-13-5-3-4-12(9-13)11-17/h3-6,8-10H,2,7H2,1H3,(H,18,20)(H,19,21). The van der Waals surface area contributed by atoms with Gasteiger partial charge in [-0.2, -0.15) is 5.26 Å². The van der Waals surface area contributed by atoms with E-state index in [0.717, 1.165) is 17.8 Å². The highest BCUT2D eigenvalue weighted by Crippen LogP contribution is 2.17. The summed E-state index contributed by atoms with van der Waals surface area (Å²) in [7, 11) is 0. The van der Waals surface area contributed by atoms with Crippen LogP contribution in [0.2, 0.25) is 0 Å². The van der Waals surface area contributed by atoms with Gasteiger partial charge < -0.3 is 10.6 Å². The van der Waals surface area contributed by atoms with Crippen LogP contribution in [-0.4, -0.2) is 17.4 Å². The number of rotatable bonds is 5. The summed E-state index contributed by atoms with van der Waals surface area (Å²) >= 11 is 0. The number of benzene rings is 1. The van der Waals surface area contributed by atoms with Crippen molar-refractivity contribution in [3.8, 4) is 6.07 Å². The fourth-order valence-corrected chi connectivity index (χ4v) is 1.79. The lowest BCUT2D eigenvalue weighted by Crippen LogP contribution is -2.24. The molecule has 5 nitrogen and oxygen atoms in total. The van der Waals surface area contributed by atoms with E-state index in [0.29, 0.717) is 17.8 Å². The predicted octanol–water partition coefficient (Wildman–Crippen LogP) is 2.84. The molecule has 21 heavy (non-hydrogen) atoms. The first-order chi connectivity index (χ1) is 10.2. The van der Waals surface area contributed by atoms with Gasteiger partial charge in [0.15, 0.2) is 0 Å². The monoisotopic (exact) mass is 280 g/mol. The summed E-state index contributed by atoms with van der Waals surface area (Å²) in [6.07, 6.45) is 2.46. The topological polar surface area (TPSA) is 77.8 Å². The van der Waals surface area contributed by atoms with E-state index in [1.807, 2.05) is 13.0 Å². The largest absolute Gasteiger partial charge is 0.355 e. The van der Waals surface area contributed by atoms with Crippen molar-refractivity contribution in [2.45, 2.75) is 13.3 Å². The second-order valence-corrected chi connectivity index (χ2v) is 4.50. The minimum atomic E-state index is -0.189. The Morgan fingerprint density at radius 2 is 2.10 bits per heavy atom. The quantitative estimate of drug-likeness (QED) is 0.882. The van der Waals surface area contributed by atoms with Crippen LogP contribution in [0.15, 0.2) is 42.6 Å². The van der Waals surface area contributed by atoms with Gasteiger partial charge >= 0.3 is 0 Å². The average Bonchev–Trinajstić information content (AvgIpc) is 2.53. The van der Waals surface area contributed by atoms with Crippen LogP contribution in [0.4, 0.5) is 11.4 Å². The van der Waals surface area contributed by atoms with Crippen LogP contribution in [-0.2, 0) is 0 Å². The number of nitrogens with one attached hydrogen (secondary N) is 2. The van der Waals surface area contributed by atoms with Crippen LogP contribution < -0.4 is 10.6 Å². The second kappa shape index (κ2) is 7.06. The Hall–Kier alpha value is -2.87. The first-order valence-electron chi connectivity index (χ1n) is 6.74. The normalized spacial score (nSPS) is 9.71. The summed E-state index contributed by atoms with van der Waals surface area (Å²) in [5.74, 6) is -0.189. The molecule has 1 aromatic heterocycles. The minimum absolute atomic E-state index is 0.189. The van der Waals surface area contributed by atoms with Crippen molar-refractivity contribution in [2.75, 3.05) is 11.9 Å². The van der Waals surface area contributed by atoms with Gasteiger partial charge in [0.1, 0.15) is 5.69 Å². The third-order valence-corrected chi connectivity index (χ3v) is 2.81. The first kappa shape index (κ1) is 14.5. The van der Waals surface area contributed by atoms with Crippen molar-refractivity contribution in [2.24, 2.45) is 0 Å². The second-order valence-electron chi connectivity index (χ2n) is 4.50. The third kappa shape index (κ3) is 4.05. The molecule has 1 heterocycles. The van der Waals surface area contributed by atoms with Gasteiger partial charge in [-0.15, -0.1) is 0 Å². The van der Waals surface area contributed by atoms with Crippen molar-refractivity contribution in [1.82, 2.24) is 10.3 Å². The molecule has 2 rings (SSSR count). The molecular weight excluding hydrogens is 264 g/mol. The molecule has 5 heteroatoms. The molecule has 0 fully saturated rings. The maximum Gasteiger partial charge on any atom is 0.269 e. The van der Waals surface area contributed by atoms with E-state index in [-0.39, 0.29) is 5.91 Å². The van der Waals surface area contributed by atoms with Crippen molar-refractivity contribution < 1.29 is 4.79 Å². The molecule has 106 valence electrons. The highest BCUT2D eigenvalue weighted by Gasteiger charge is 2.07. The maximum atomic E-state index is 11.9. The summed E-state index contributed by atoms with van der Waals surface area (Å²) < 4.78 is 0. The Morgan fingerprint density at radius 1 is 1.29 bits per heavy atom. The summed E-state index contributed by atoms with van der Waals surface area (Å²) in [5, 5.41) is 14.8. The molecule has 0 atom stereocenters. The Balaban J connectivity index is 2.14. The number of amides is 1. The highest BCUT2D eigenvalue weighted by molar-refractivity contribution is 5.93. The van der Waals surface area contributed by atoms with Crippen molar-refractivity contribution >= 4 is 17.3 Å². The summed E-state index contributed by atoms with van der Waals surface area (Å²) in [5.41, 5.74) is 2.49. The molecule has 0 radical (unpaired) electrons. The van der Waals surface area contributed by atoms with Gasteiger partial charge in [0.25, 0.3) is 5.91 Å². The van der Waals surface area contributed by atoms with Crippen LogP contribution in [0.25, 0.3) is 0 Å². The van der Waals surface area contributed by atoms with Gasteiger partial charge in [-0.25, -0.2) is 0 Å². The fraction of sp³-hybridized carbons (Fsp3) is 0.188. The van der Waals surface area contributed by atoms with Crippen LogP contribution in [0.1, 0.15) is 29.4 Å². The molecular formula is C16H16N4O. The number of carbonyl (C=O) groups excluding carboxylic acids is 1. The Bertz CT molecular complexity index is 676.